The van der Waals surface area contributed by atoms with E-state index >= 15 is 0 Å². The van der Waals surface area contributed by atoms with E-state index in [1.807, 2.05) is 0 Å². The first kappa shape index (κ1) is 31.4. The summed E-state index contributed by atoms with van der Waals surface area (Å²) in [7, 11) is 0. The van der Waals surface area contributed by atoms with Crippen LogP contribution in [0.3, 0.4) is 0 Å². The van der Waals surface area contributed by atoms with Crippen molar-refractivity contribution < 1.29 is 0 Å². The number of benzene rings is 6. The van der Waals surface area contributed by atoms with Crippen LogP contribution in [-0.2, 0) is 16.4 Å². The predicted molar refractivity (Wildman–Crippen MR) is 215 cm³/mol. The van der Waals surface area contributed by atoms with Gasteiger partial charge < -0.3 is 0 Å². The van der Waals surface area contributed by atoms with Crippen molar-refractivity contribution in [1.29, 1.82) is 0 Å². The average molecular weight is 682 g/mol. The molecule has 0 amide bonds. The highest BCUT2D eigenvalue weighted by Crippen LogP contribution is 2.58. The number of hydrogen-bond acceptors (Lipinski definition) is 2. The van der Waals surface area contributed by atoms with Gasteiger partial charge in [-0.3, -0.25) is 9.67 Å². The monoisotopic (exact) mass is 681 g/mol. The van der Waals surface area contributed by atoms with Crippen molar-refractivity contribution in [1.82, 2.24) is 14.8 Å². The third-order valence-electron chi connectivity index (χ3n) is 11.5. The van der Waals surface area contributed by atoms with Crippen molar-refractivity contribution in [3.8, 4) is 33.5 Å². The highest BCUT2D eigenvalue weighted by atomic mass is 15.3. The van der Waals surface area contributed by atoms with E-state index in [0.29, 0.717) is 0 Å². The molecule has 0 unspecified atom stereocenters. The molecule has 53 heavy (non-hydrogen) atoms. The van der Waals surface area contributed by atoms with Gasteiger partial charge in [0.25, 0.3) is 0 Å². The van der Waals surface area contributed by atoms with E-state index in [-0.39, 0.29) is 5.41 Å². The normalized spacial score (nSPS) is 14.6. The van der Waals surface area contributed by atoms with E-state index in [2.05, 4.69) is 208 Å². The molecule has 0 atom stereocenters. The van der Waals surface area contributed by atoms with Crippen LogP contribution in [0.1, 0.15) is 65.5 Å². The van der Waals surface area contributed by atoms with Crippen molar-refractivity contribution >= 4 is 0 Å². The molecule has 2 aromatic heterocycles. The lowest BCUT2D eigenvalue weighted by atomic mass is 9.68. The molecular weight excluding hydrogens is 643 g/mol. The van der Waals surface area contributed by atoms with Gasteiger partial charge in [0, 0.05) is 11.8 Å². The second kappa shape index (κ2) is 11.6. The second-order valence-electron chi connectivity index (χ2n) is 15.4. The summed E-state index contributed by atoms with van der Waals surface area (Å²) < 4.78 is 2.18. The summed E-state index contributed by atoms with van der Waals surface area (Å²) in [5.41, 5.74) is 14.5. The van der Waals surface area contributed by atoms with Crippen LogP contribution in [0.5, 0.6) is 0 Å². The third kappa shape index (κ3) is 4.40. The molecule has 0 saturated heterocycles. The van der Waals surface area contributed by atoms with Crippen molar-refractivity contribution in [2.75, 3.05) is 0 Å². The Bertz CT molecular complexity index is 2570. The lowest BCUT2D eigenvalue weighted by molar-refractivity contribution is 0.453. The zero-order valence-electron chi connectivity index (χ0n) is 30.2. The van der Waals surface area contributed by atoms with Gasteiger partial charge in [0.2, 0.25) is 0 Å². The van der Waals surface area contributed by atoms with Gasteiger partial charge in [-0.2, -0.15) is 5.10 Å². The van der Waals surface area contributed by atoms with Gasteiger partial charge in [-0.1, -0.05) is 178 Å². The SMILES string of the molecule is CC(C)(C)c1cc(C2(c3ccccc3)c3ccccc3-c3ccccc32)nc(C2(n3ccc(-c4ccccc4)n3)c3ccccc3-c3ccccc32)c1. The number of hydrogen-bond donors (Lipinski definition) is 0. The Hall–Kier alpha value is -6.32. The first-order valence-electron chi connectivity index (χ1n) is 18.5. The first-order chi connectivity index (χ1) is 25.9. The third-order valence-corrected chi connectivity index (χ3v) is 11.5. The van der Waals surface area contributed by atoms with E-state index < -0.39 is 11.0 Å². The maximum atomic E-state index is 6.02. The number of rotatable bonds is 5. The Balaban J connectivity index is 1.36. The van der Waals surface area contributed by atoms with Crippen LogP contribution in [0.25, 0.3) is 33.5 Å². The summed E-state index contributed by atoms with van der Waals surface area (Å²) in [6.45, 7) is 6.94. The molecule has 0 saturated carbocycles. The number of aromatic nitrogens is 3. The molecule has 254 valence electrons. The first-order valence-corrected chi connectivity index (χ1v) is 18.5. The molecule has 3 nitrogen and oxygen atoms in total. The molecule has 10 rings (SSSR count). The molecule has 0 N–H and O–H groups in total. The predicted octanol–water partition coefficient (Wildman–Crippen LogP) is 11.4. The maximum absolute atomic E-state index is 6.02. The van der Waals surface area contributed by atoms with Gasteiger partial charge in [0.15, 0.2) is 5.54 Å². The molecule has 0 bridgehead atoms. The Morgan fingerprint density at radius 2 is 0.925 bits per heavy atom. The topological polar surface area (TPSA) is 30.7 Å². The lowest BCUT2D eigenvalue weighted by Crippen LogP contribution is -2.39. The van der Waals surface area contributed by atoms with Gasteiger partial charge in [-0.15, -0.1) is 0 Å². The fraction of sp³-hybridized carbons (Fsp3) is 0.120. The van der Waals surface area contributed by atoms with Gasteiger partial charge in [0.1, 0.15) is 0 Å². The second-order valence-corrected chi connectivity index (χ2v) is 15.4. The van der Waals surface area contributed by atoms with Crippen LogP contribution in [0.4, 0.5) is 0 Å². The number of fused-ring (bicyclic) bond motifs is 6. The quantitative estimate of drug-likeness (QED) is 0.181. The fourth-order valence-corrected chi connectivity index (χ4v) is 9.12. The van der Waals surface area contributed by atoms with E-state index in [9.17, 15) is 0 Å². The average Bonchev–Trinajstić information content (AvgIpc) is 3.90. The van der Waals surface area contributed by atoms with Gasteiger partial charge >= 0.3 is 0 Å². The summed E-state index contributed by atoms with van der Waals surface area (Å²) in [6.07, 6.45) is 2.15. The van der Waals surface area contributed by atoms with Crippen LogP contribution in [0, 0.1) is 0 Å². The molecule has 0 aliphatic heterocycles. The van der Waals surface area contributed by atoms with Gasteiger partial charge in [-0.25, -0.2) is 0 Å². The van der Waals surface area contributed by atoms with E-state index in [1.165, 1.54) is 55.6 Å². The van der Waals surface area contributed by atoms with Crippen molar-refractivity contribution in [3.05, 3.63) is 227 Å². The molecule has 0 fully saturated rings. The van der Waals surface area contributed by atoms with Crippen molar-refractivity contribution in [2.24, 2.45) is 0 Å². The van der Waals surface area contributed by atoms with Crippen LogP contribution >= 0.6 is 0 Å². The van der Waals surface area contributed by atoms with Crippen LogP contribution in [0.2, 0.25) is 0 Å². The molecule has 2 aliphatic rings. The van der Waals surface area contributed by atoms with Crippen LogP contribution in [-0.4, -0.2) is 14.8 Å². The minimum atomic E-state index is -0.842. The van der Waals surface area contributed by atoms with Crippen LogP contribution < -0.4 is 0 Å². The van der Waals surface area contributed by atoms with E-state index in [0.717, 1.165) is 22.6 Å². The molecule has 2 aliphatic carbocycles. The summed E-state index contributed by atoms with van der Waals surface area (Å²) in [6, 6.07) is 63.8. The smallest absolute Gasteiger partial charge is 0.155 e. The standard InChI is InChI=1S/C50H39N3/c1-48(2,3)36-32-46(49(35-20-8-5-9-21-35)41-26-14-10-22-37(41)38-23-11-15-27-42(38)49)51-47(33-36)50(53-31-30-45(52-53)34-18-6-4-7-19-34)43-28-16-12-24-39(43)40-25-13-17-29-44(40)50/h4-33H,1-3H3. The van der Waals surface area contributed by atoms with Gasteiger partial charge in [0.05, 0.1) is 22.5 Å². The number of nitrogens with zero attached hydrogens (tertiary/aromatic N) is 3. The molecule has 8 aromatic rings. The molecule has 0 spiro atoms. The minimum Gasteiger partial charge on any atom is -0.253 e. The highest BCUT2D eigenvalue weighted by Gasteiger charge is 2.52. The Labute approximate surface area is 311 Å². The highest BCUT2D eigenvalue weighted by molar-refractivity contribution is 5.86. The summed E-state index contributed by atoms with van der Waals surface area (Å²) in [4.78, 5) is 6.02. The van der Waals surface area contributed by atoms with Crippen molar-refractivity contribution in [2.45, 2.75) is 37.1 Å². The lowest BCUT2D eigenvalue weighted by Gasteiger charge is -2.37. The molecule has 3 heteroatoms. The summed E-state index contributed by atoms with van der Waals surface area (Å²) in [5.74, 6) is 0. The van der Waals surface area contributed by atoms with Crippen molar-refractivity contribution in [3.63, 3.8) is 0 Å². The van der Waals surface area contributed by atoms with E-state index in [4.69, 9.17) is 10.1 Å². The zero-order chi connectivity index (χ0) is 35.8. The molecular formula is C50H39N3. The minimum absolute atomic E-state index is 0.180. The summed E-state index contributed by atoms with van der Waals surface area (Å²) in [5, 5.41) is 5.45. The van der Waals surface area contributed by atoms with Crippen LogP contribution in [0.15, 0.2) is 182 Å². The molecule has 2 heterocycles. The summed E-state index contributed by atoms with van der Waals surface area (Å²) >= 11 is 0. The fourth-order valence-electron chi connectivity index (χ4n) is 9.12. The Kier molecular flexibility index (Phi) is 6.87. The van der Waals surface area contributed by atoms with Gasteiger partial charge in [-0.05, 0) is 79.2 Å². The van der Waals surface area contributed by atoms with E-state index in [1.54, 1.807) is 0 Å². The molecule has 6 aromatic carbocycles. The Morgan fingerprint density at radius 1 is 0.472 bits per heavy atom. The largest absolute Gasteiger partial charge is 0.253 e. The molecule has 0 radical (unpaired) electrons. The maximum Gasteiger partial charge on any atom is 0.155 e. The number of pyridine rings is 1. The Morgan fingerprint density at radius 3 is 1.47 bits per heavy atom. The zero-order valence-corrected chi connectivity index (χ0v) is 30.2.